The number of hydrogen-bond donors (Lipinski definition) is 3. The third-order valence-electron chi connectivity index (χ3n) is 4.05. The predicted octanol–water partition coefficient (Wildman–Crippen LogP) is 3.26. The molecule has 2 aromatic heterocycles. The first-order valence-corrected chi connectivity index (χ1v) is 8.08. The van der Waals surface area contributed by atoms with E-state index in [1.807, 2.05) is 6.92 Å². The average molecular weight is 339 g/mol. The van der Waals surface area contributed by atoms with Gasteiger partial charge in [-0.3, -0.25) is 20.4 Å². The molecular weight excluding hydrogens is 318 g/mol. The number of anilines is 2. The van der Waals surface area contributed by atoms with E-state index in [2.05, 4.69) is 64.0 Å². The molecule has 2 heterocycles. The summed E-state index contributed by atoms with van der Waals surface area (Å²) in [5, 5.41) is 20.2. The van der Waals surface area contributed by atoms with Crippen molar-refractivity contribution in [2.45, 2.75) is 34.2 Å². The fraction of sp³-hybridized carbons (Fsp3) is 0.294. The van der Waals surface area contributed by atoms with E-state index < -0.39 is 6.03 Å². The lowest BCUT2D eigenvalue weighted by atomic mass is 9.99. The Morgan fingerprint density at radius 3 is 2.52 bits per heavy atom. The molecule has 0 aliphatic heterocycles. The SMILES string of the molecule is CCn1cc(NC(=O)Nc2cc(-c3cc(C)c(C)cc3C)[nH]n2)nn1. The summed E-state index contributed by atoms with van der Waals surface area (Å²) in [5.74, 6) is 0.827. The number of rotatable bonds is 4. The molecule has 0 saturated carbocycles. The second-order valence-electron chi connectivity index (χ2n) is 5.96. The van der Waals surface area contributed by atoms with Crippen molar-refractivity contribution in [1.82, 2.24) is 25.2 Å². The number of hydrogen-bond acceptors (Lipinski definition) is 4. The van der Waals surface area contributed by atoms with Crippen LogP contribution in [0.4, 0.5) is 16.4 Å². The lowest BCUT2D eigenvalue weighted by molar-refractivity contribution is 0.262. The van der Waals surface area contributed by atoms with Crippen LogP contribution in [0.25, 0.3) is 11.3 Å². The quantitative estimate of drug-likeness (QED) is 0.679. The summed E-state index contributed by atoms with van der Waals surface area (Å²) in [7, 11) is 0. The Balaban J connectivity index is 1.71. The highest BCUT2D eigenvalue weighted by Crippen LogP contribution is 2.26. The standard InChI is InChI=1S/C17H21N7O/c1-5-24-9-16(22-23-24)19-17(25)18-15-8-14(20-21-15)13-7-11(3)10(2)6-12(13)4/h6-9H,5H2,1-4H3,(H3,18,19,20,21,25). The minimum atomic E-state index is -0.419. The molecule has 0 spiro atoms. The summed E-state index contributed by atoms with van der Waals surface area (Å²) < 4.78 is 1.63. The Morgan fingerprint density at radius 1 is 1.08 bits per heavy atom. The molecule has 3 rings (SSSR count). The normalized spacial score (nSPS) is 10.7. The van der Waals surface area contributed by atoms with E-state index >= 15 is 0 Å². The second-order valence-corrected chi connectivity index (χ2v) is 5.96. The Morgan fingerprint density at radius 2 is 1.80 bits per heavy atom. The lowest BCUT2D eigenvalue weighted by Gasteiger charge is -2.07. The van der Waals surface area contributed by atoms with Gasteiger partial charge in [-0.2, -0.15) is 5.10 Å². The van der Waals surface area contributed by atoms with Crippen LogP contribution in [0.1, 0.15) is 23.6 Å². The van der Waals surface area contributed by atoms with E-state index in [9.17, 15) is 4.79 Å². The van der Waals surface area contributed by atoms with Gasteiger partial charge in [0.15, 0.2) is 11.6 Å². The Hall–Kier alpha value is -3.16. The van der Waals surface area contributed by atoms with Crippen molar-refractivity contribution in [3.63, 3.8) is 0 Å². The van der Waals surface area contributed by atoms with Gasteiger partial charge in [0.2, 0.25) is 0 Å². The molecule has 0 aliphatic rings. The van der Waals surface area contributed by atoms with E-state index in [1.54, 1.807) is 16.9 Å². The summed E-state index contributed by atoms with van der Waals surface area (Å²) in [5.41, 5.74) is 5.53. The smallest absolute Gasteiger partial charge is 0.291 e. The highest BCUT2D eigenvalue weighted by molar-refractivity contribution is 5.98. The minimum Gasteiger partial charge on any atom is -0.291 e. The van der Waals surface area contributed by atoms with Gasteiger partial charge in [-0.05, 0) is 50.5 Å². The molecule has 0 aliphatic carbocycles. The summed E-state index contributed by atoms with van der Waals surface area (Å²) >= 11 is 0. The third-order valence-corrected chi connectivity index (χ3v) is 4.05. The van der Waals surface area contributed by atoms with Crippen LogP contribution in [0.15, 0.2) is 24.4 Å². The fourth-order valence-corrected chi connectivity index (χ4v) is 2.55. The van der Waals surface area contributed by atoms with E-state index in [0.717, 1.165) is 16.8 Å². The van der Waals surface area contributed by atoms with Crippen molar-refractivity contribution in [1.29, 1.82) is 0 Å². The maximum absolute atomic E-state index is 12.0. The molecule has 8 heteroatoms. The van der Waals surface area contributed by atoms with Gasteiger partial charge in [0.25, 0.3) is 0 Å². The molecule has 1 aromatic carbocycles. The van der Waals surface area contributed by atoms with Gasteiger partial charge in [-0.15, -0.1) is 5.10 Å². The molecule has 2 amide bonds. The van der Waals surface area contributed by atoms with Crippen LogP contribution in [0.5, 0.6) is 0 Å². The second kappa shape index (κ2) is 6.76. The van der Waals surface area contributed by atoms with Gasteiger partial charge in [0.1, 0.15) is 0 Å². The van der Waals surface area contributed by atoms with E-state index in [0.29, 0.717) is 18.2 Å². The van der Waals surface area contributed by atoms with Crippen LogP contribution in [0, 0.1) is 20.8 Å². The molecule has 130 valence electrons. The van der Waals surface area contributed by atoms with Gasteiger partial charge >= 0.3 is 6.03 Å². The summed E-state index contributed by atoms with van der Waals surface area (Å²) in [4.78, 5) is 12.0. The first-order chi connectivity index (χ1) is 12.0. The van der Waals surface area contributed by atoms with Crippen LogP contribution < -0.4 is 10.6 Å². The van der Waals surface area contributed by atoms with Gasteiger partial charge in [0.05, 0.1) is 11.9 Å². The number of carbonyl (C=O) groups is 1. The highest BCUT2D eigenvalue weighted by atomic mass is 16.2. The van der Waals surface area contributed by atoms with Crippen molar-refractivity contribution in [2.24, 2.45) is 0 Å². The summed E-state index contributed by atoms with van der Waals surface area (Å²) in [6, 6.07) is 5.64. The van der Waals surface area contributed by atoms with Crippen molar-refractivity contribution in [2.75, 3.05) is 10.6 Å². The number of aromatic nitrogens is 5. The van der Waals surface area contributed by atoms with Crippen molar-refractivity contribution in [3.05, 3.63) is 41.1 Å². The molecule has 8 nitrogen and oxygen atoms in total. The zero-order valence-electron chi connectivity index (χ0n) is 14.7. The number of amides is 2. The van der Waals surface area contributed by atoms with Gasteiger partial charge in [-0.1, -0.05) is 11.3 Å². The van der Waals surface area contributed by atoms with Crippen LogP contribution >= 0.6 is 0 Å². The highest BCUT2D eigenvalue weighted by Gasteiger charge is 2.11. The average Bonchev–Trinajstić information content (AvgIpc) is 3.20. The number of aryl methyl sites for hydroxylation is 4. The molecule has 0 unspecified atom stereocenters. The topological polar surface area (TPSA) is 101 Å². The molecule has 0 bridgehead atoms. The number of carbonyl (C=O) groups excluding carboxylic acids is 1. The monoisotopic (exact) mass is 339 g/mol. The zero-order valence-corrected chi connectivity index (χ0v) is 14.7. The lowest BCUT2D eigenvalue weighted by Crippen LogP contribution is -2.19. The number of urea groups is 1. The Bertz CT molecular complexity index is 910. The number of H-pyrrole nitrogens is 1. The van der Waals surface area contributed by atoms with E-state index in [1.165, 1.54) is 11.1 Å². The molecule has 0 saturated heterocycles. The largest absolute Gasteiger partial charge is 0.326 e. The molecule has 3 aromatic rings. The van der Waals surface area contributed by atoms with Crippen LogP contribution in [-0.2, 0) is 6.54 Å². The number of aromatic amines is 1. The molecule has 0 radical (unpaired) electrons. The third kappa shape index (κ3) is 3.68. The summed E-state index contributed by atoms with van der Waals surface area (Å²) in [6.45, 7) is 8.85. The summed E-state index contributed by atoms with van der Waals surface area (Å²) in [6.07, 6.45) is 1.66. The van der Waals surface area contributed by atoms with Crippen molar-refractivity contribution >= 4 is 17.7 Å². The van der Waals surface area contributed by atoms with Crippen LogP contribution in [-0.4, -0.2) is 31.2 Å². The zero-order chi connectivity index (χ0) is 18.0. The Labute approximate surface area is 145 Å². The number of benzene rings is 1. The maximum atomic E-state index is 12.0. The first-order valence-electron chi connectivity index (χ1n) is 8.08. The number of nitrogens with zero attached hydrogens (tertiary/aromatic N) is 4. The Kier molecular flexibility index (Phi) is 4.51. The maximum Gasteiger partial charge on any atom is 0.326 e. The van der Waals surface area contributed by atoms with Crippen molar-refractivity contribution in [3.8, 4) is 11.3 Å². The fourth-order valence-electron chi connectivity index (χ4n) is 2.55. The van der Waals surface area contributed by atoms with E-state index in [-0.39, 0.29) is 0 Å². The first kappa shape index (κ1) is 16.7. The molecule has 3 N–H and O–H groups in total. The van der Waals surface area contributed by atoms with E-state index in [4.69, 9.17) is 0 Å². The van der Waals surface area contributed by atoms with Crippen LogP contribution in [0.2, 0.25) is 0 Å². The van der Waals surface area contributed by atoms with Gasteiger partial charge in [-0.25, -0.2) is 4.79 Å². The molecule has 0 fully saturated rings. The van der Waals surface area contributed by atoms with Gasteiger partial charge in [0, 0.05) is 18.2 Å². The molecular formula is C17H21N7O. The number of nitrogens with one attached hydrogen (secondary N) is 3. The predicted molar refractivity (Wildman–Crippen MR) is 96.6 cm³/mol. The molecule has 0 atom stereocenters. The van der Waals surface area contributed by atoms with Gasteiger partial charge < -0.3 is 0 Å². The molecule has 25 heavy (non-hydrogen) atoms. The minimum absolute atomic E-state index is 0.389. The van der Waals surface area contributed by atoms with Crippen molar-refractivity contribution < 1.29 is 4.79 Å². The van der Waals surface area contributed by atoms with Crippen LogP contribution in [0.3, 0.4) is 0 Å².